The van der Waals surface area contributed by atoms with Gasteiger partial charge in [0, 0.05) is 49.3 Å². The Morgan fingerprint density at radius 3 is 2.06 bits per heavy atom. The van der Waals surface area contributed by atoms with Crippen LogP contribution in [0.1, 0.15) is 28.3 Å². The molecule has 0 spiro atoms. The molecule has 0 saturated carbocycles. The topological polar surface area (TPSA) is 64.6 Å². The minimum absolute atomic E-state index is 0.00966. The molecule has 2 aromatic rings. The molecule has 0 radical (unpaired) electrons. The second kappa shape index (κ2) is 11.5. The van der Waals surface area contributed by atoms with E-state index >= 15 is 0 Å². The van der Waals surface area contributed by atoms with Crippen LogP contribution in [0.5, 0.6) is 0 Å². The van der Waals surface area contributed by atoms with Gasteiger partial charge in [-0.25, -0.2) is 4.79 Å². The van der Waals surface area contributed by atoms with Crippen LogP contribution >= 0.6 is 23.2 Å². The fraction of sp³-hybridized carbons (Fsp3) is 0.381. The van der Waals surface area contributed by atoms with Crippen molar-refractivity contribution in [2.45, 2.75) is 24.9 Å². The van der Waals surface area contributed by atoms with Gasteiger partial charge in [-0.1, -0.05) is 29.3 Å². The van der Waals surface area contributed by atoms with Gasteiger partial charge >= 0.3 is 18.4 Å². The van der Waals surface area contributed by atoms with Gasteiger partial charge in [0.1, 0.15) is 0 Å². The first-order valence-corrected chi connectivity index (χ1v) is 10.6. The lowest BCUT2D eigenvalue weighted by Crippen LogP contribution is -2.42. The monoisotopic (exact) mass is 531 g/mol. The second-order valence-electron chi connectivity index (χ2n) is 7.43. The molecule has 1 unspecified atom stereocenters. The highest BCUT2D eigenvalue weighted by atomic mass is 35.5. The SMILES string of the molecule is CN(Cc1cc(C(F)(F)F)cc(C(F)(F)F)c1)C(=O)O.Clc1ccc(C2CNCCN2)c(Cl)c1. The molecule has 1 atom stereocenters. The van der Waals surface area contributed by atoms with Gasteiger partial charge in [-0.2, -0.15) is 26.3 Å². The first-order valence-electron chi connectivity index (χ1n) is 9.80. The summed E-state index contributed by atoms with van der Waals surface area (Å²) >= 11 is 11.9. The highest BCUT2D eigenvalue weighted by molar-refractivity contribution is 6.35. The number of nitrogens with one attached hydrogen (secondary N) is 2. The molecule has 1 saturated heterocycles. The molecule has 3 N–H and O–H groups in total. The Labute approximate surface area is 201 Å². The van der Waals surface area contributed by atoms with Crippen LogP contribution in [-0.2, 0) is 18.9 Å². The van der Waals surface area contributed by atoms with Crippen molar-refractivity contribution < 1.29 is 36.2 Å². The summed E-state index contributed by atoms with van der Waals surface area (Å²) in [5, 5.41) is 16.7. The van der Waals surface area contributed by atoms with Crippen molar-refractivity contribution in [2.24, 2.45) is 0 Å². The van der Waals surface area contributed by atoms with Gasteiger partial charge < -0.3 is 20.6 Å². The maximum Gasteiger partial charge on any atom is 0.416 e. The lowest BCUT2D eigenvalue weighted by molar-refractivity contribution is -0.143. The third kappa shape index (κ3) is 8.23. The van der Waals surface area contributed by atoms with Crippen LogP contribution < -0.4 is 10.6 Å². The minimum Gasteiger partial charge on any atom is -0.465 e. The summed E-state index contributed by atoms with van der Waals surface area (Å²) in [7, 11) is 1.04. The van der Waals surface area contributed by atoms with Gasteiger partial charge in [-0.05, 0) is 41.5 Å². The molecule has 0 bridgehead atoms. The van der Waals surface area contributed by atoms with Crippen LogP contribution in [0.3, 0.4) is 0 Å². The summed E-state index contributed by atoms with van der Waals surface area (Å²) in [5.41, 5.74) is -2.22. The Bertz CT molecular complexity index is 963. The maximum atomic E-state index is 12.5. The molecule has 1 heterocycles. The first-order chi connectivity index (χ1) is 15.7. The molecular formula is C21H21Cl2F6N3O2. The zero-order chi connectivity index (χ0) is 25.7. The van der Waals surface area contributed by atoms with Gasteiger partial charge in [0.15, 0.2) is 0 Å². The van der Waals surface area contributed by atoms with E-state index in [9.17, 15) is 31.1 Å². The molecule has 5 nitrogen and oxygen atoms in total. The number of piperazine rings is 1. The Kier molecular flexibility index (Phi) is 9.46. The van der Waals surface area contributed by atoms with E-state index in [1.54, 1.807) is 6.07 Å². The van der Waals surface area contributed by atoms with Crippen molar-refractivity contribution in [3.8, 4) is 0 Å². The van der Waals surface area contributed by atoms with E-state index in [0.29, 0.717) is 28.1 Å². The van der Waals surface area contributed by atoms with Gasteiger partial charge in [-0.3, -0.25) is 0 Å². The standard InChI is InChI=1S/C11H9F6NO2.C10H12Cl2N2/c1-18(9(19)20)5-6-2-7(10(12,13)14)4-8(3-6)11(15,16)17;11-7-1-2-8(9(12)5-7)10-6-13-3-4-14-10/h2-4H,5H2,1H3,(H,19,20);1-2,5,10,13-14H,3-4,6H2. The molecule has 0 aromatic heterocycles. The average molecular weight is 532 g/mol. The smallest absolute Gasteiger partial charge is 0.416 e. The van der Waals surface area contributed by atoms with Crippen molar-refractivity contribution in [3.63, 3.8) is 0 Å². The van der Waals surface area contributed by atoms with Crippen LogP contribution in [0.25, 0.3) is 0 Å². The van der Waals surface area contributed by atoms with Crippen LogP contribution in [-0.4, -0.2) is 42.8 Å². The molecule has 34 heavy (non-hydrogen) atoms. The normalized spacial score (nSPS) is 16.4. The van der Waals surface area contributed by atoms with Crippen molar-refractivity contribution in [1.82, 2.24) is 15.5 Å². The molecule has 3 rings (SSSR count). The van der Waals surface area contributed by atoms with Crippen molar-refractivity contribution in [2.75, 3.05) is 26.7 Å². The quantitative estimate of drug-likeness (QED) is 0.421. The number of benzene rings is 2. The van der Waals surface area contributed by atoms with E-state index < -0.39 is 41.7 Å². The predicted molar refractivity (Wildman–Crippen MR) is 116 cm³/mol. The highest BCUT2D eigenvalue weighted by Gasteiger charge is 2.37. The number of hydrogen-bond donors (Lipinski definition) is 3. The largest absolute Gasteiger partial charge is 0.465 e. The molecule has 188 valence electrons. The van der Waals surface area contributed by atoms with Crippen LogP contribution in [0.4, 0.5) is 31.1 Å². The average Bonchev–Trinajstić information content (AvgIpc) is 2.73. The summed E-state index contributed by atoms with van der Waals surface area (Å²) in [5.74, 6) is 0. The Balaban J connectivity index is 0.000000254. The third-order valence-corrected chi connectivity index (χ3v) is 5.34. The number of halogens is 8. The van der Waals surface area contributed by atoms with E-state index in [4.69, 9.17) is 28.3 Å². The van der Waals surface area contributed by atoms with Crippen LogP contribution in [0.2, 0.25) is 10.0 Å². The molecule has 2 aromatic carbocycles. The summed E-state index contributed by atoms with van der Waals surface area (Å²) in [6, 6.07) is 6.92. The maximum absolute atomic E-state index is 12.5. The lowest BCUT2D eigenvalue weighted by Gasteiger charge is -2.25. The van der Waals surface area contributed by atoms with Gasteiger partial charge in [0.05, 0.1) is 11.1 Å². The summed E-state index contributed by atoms with van der Waals surface area (Å²) < 4.78 is 75.2. The number of rotatable bonds is 3. The summed E-state index contributed by atoms with van der Waals surface area (Å²) in [4.78, 5) is 11.1. The molecular weight excluding hydrogens is 511 g/mol. The Morgan fingerprint density at radius 2 is 1.62 bits per heavy atom. The van der Waals surface area contributed by atoms with E-state index in [1.165, 1.54) is 0 Å². The zero-order valence-electron chi connectivity index (χ0n) is 17.7. The number of amides is 1. The molecule has 13 heteroatoms. The van der Waals surface area contributed by atoms with Crippen molar-refractivity contribution in [3.05, 3.63) is 68.7 Å². The number of nitrogens with zero attached hydrogens (tertiary/aromatic N) is 1. The number of carboxylic acid groups (broad SMARTS) is 1. The second-order valence-corrected chi connectivity index (χ2v) is 8.27. The molecule has 0 aliphatic carbocycles. The minimum atomic E-state index is -4.95. The summed E-state index contributed by atoms with van der Waals surface area (Å²) in [6.45, 7) is 2.33. The van der Waals surface area contributed by atoms with Crippen LogP contribution in [0.15, 0.2) is 36.4 Å². The molecule has 1 fully saturated rings. The van der Waals surface area contributed by atoms with E-state index in [-0.39, 0.29) is 6.07 Å². The Hall–Kier alpha value is -2.21. The zero-order valence-corrected chi connectivity index (χ0v) is 19.2. The number of carbonyl (C=O) groups is 1. The Morgan fingerprint density at radius 1 is 1.03 bits per heavy atom. The van der Waals surface area contributed by atoms with Gasteiger partial charge in [0.25, 0.3) is 0 Å². The van der Waals surface area contributed by atoms with E-state index in [0.717, 1.165) is 37.3 Å². The van der Waals surface area contributed by atoms with Crippen LogP contribution in [0, 0.1) is 0 Å². The fourth-order valence-electron chi connectivity index (χ4n) is 3.11. The summed E-state index contributed by atoms with van der Waals surface area (Å²) in [6.07, 6.45) is -11.4. The molecule has 1 amide bonds. The van der Waals surface area contributed by atoms with Gasteiger partial charge in [-0.15, -0.1) is 0 Å². The molecule has 1 aliphatic heterocycles. The predicted octanol–water partition coefficient (Wildman–Crippen LogP) is 6.06. The van der Waals surface area contributed by atoms with Gasteiger partial charge in [0.2, 0.25) is 0 Å². The van der Waals surface area contributed by atoms with E-state index in [1.807, 2.05) is 12.1 Å². The lowest BCUT2D eigenvalue weighted by atomic mass is 10.0. The molecule has 1 aliphatic rings. The number of hydrogen-bond acceptors (Lipinski definition) is 3. The van der Waals surface area contributed by atoms with Crippen molar-refractivity contribution in [1.29, 1.82) is 0 Å². The van der Waals surface area contributed by atoms with E-state index in [2.05, 4.69) is 10.6 Å². The highest BCUT2D eigenvalue weighted by Crippen LogP contribution is 2.36. The third-order valence-electron chi connectivity index (χ3n) is 4.77. The number of alkyl halides is 6. The fourth-order valence-corrected chi connectivity index (χ4v) is 3.65. The van der Waals surface area contributed by atoms with Crippen molar-refractivity contribution >= 4 is 29.3 Å². The first kappa shape index (κ1) is 28.0.